The van der Waals surface area contributed by atoms with E-state index in [1.54, 1.807) is 11.3 Å². The average molecular weight is 443 g/mol. The smallest absolute Gasteiger partial charge is 0.261 e. The maximum Gasteiger partial charge on any atom is 0.261 e. The van der Waals surface area contributed by atoms with Crippen LogP contribution < -0.4 is 10.6 Å². The number of hydrogen-bond acceptors (Lipinski definition) is 6. The molecule has 8 heteroatoms. The second kappa shape index (κ2) is 9.68. The van der Waals surface area contributed by atoms with Gasteiger partial charge in [0.25, 0.3) is 5.91 Å². The highest BCUT2D eigenvalue weighted by Gasteiger charge is 2.23. The molecule has 3 aromatic rings. The first-order valence-corrected chi connectivity index (χ1v) is 12.0. The third-order valence-electron chi connectivity index (χ3n) is 5.20. The number of thiophene rings is 1. The molecule has 2 amide bonds. The number of fused-ring (bicyclic) bond motifs is 1. The van der Waals surface area contributed by atoms with Crippen LogP contribution in [0.1, 0.15) is 35.9 Å². The van der Waals surface area contributed by atoms with Crippen LogP contribution in [0.2, 0.25) is 0 Å². The summed E-state index contributed by atoms with van der Waals surface area (Å²) >= 11 is 3.14. The molecule has 3 heterocycles. The Morgan fingerprint density at radius 1 is 1.13 bits per heavy atom. The van der Waals surface area contributed by atoms with E-state index in [4.69, 9.17) is 0 Å². The first-order chi connectivity index (χ1) is 14.6. The van der Waals surface area contributed by atoms with Crippen LogP contribution in [0.3, 0.4) is 0 Å². The van der Waals surface area contributed by atoms with Crippen molar-refractivity contribution in [2.75, 3.05) is 26.2 Å². The summed E-state index contributed by atoms with van der Waals surface area (Å²) in [6.07, 6.45) is 2.68. The highest BCUT2D eigenvalue weighted by atomic mass is 32.1. The summed E-state index contributed by atoms with van der Waals surface area (Å²) in [7, 11) is 0. The van der Waals surface area contributed by atoms with Crippen molar-refractivity contribution in [1.29, 1.82) is 0 Å². The van der Waals surface area contributed by atoms with Crippen molar-refractivity contribution < 1.29 is 9.59 Å². The molecule has 158 valence electrons. The van der Waals surface area contributed by atoms with Crippen molar-refractivity contribution >= 4 is 44.7 Å². The van der Waals surface area contributed by atoms with E-state index in [1.165, 1.54) is 11.3 Å². The number of para-hydroxylation sites is 1. The lowest BCUT2D eigenvalue weighted by Crippen LogP contribution is -2.47. The van der Waals surface area contributed by atoms with Gasteiger partial charge in [-0.2, -0.15) is 0 Å². The highest BCUT2D eigenvalue weighted by Crippen LogP contribution is 2.34. The summed E-state index contributed by atoms with van der Waals surface area (Å²) in [5.74, 6) is 0.0618. The summed E-state index contributed by atoms with van der Waals surface area (Å²) in [5.41, 5.74) is 0.993. The van der Waals surface area contributed by atoms with Crippen molar-refractivity contribution in [1.82, 2.24) is 20.5 Å². The summed E-state index contributed by atoms with van der Waals surface area (Å²) in [5, 5.41) is 7.03. The van der Waals surface area contributed by atoms with Gasteiger partial charge in [-0.15, -0.1) is 22.7 Å². The molecule has 6 nitrogen and oxygen atoms in total. The minimum atomic E-state index is -0.0218. The number of aromatic nitrogens is 1. The van der Waals surface area contributed by atoms with E-state index >= 15 is 0 Å². The zero-order valence-corrected chi connectivity index (χ0v) is 18.7. The predicted molar refractivity (Wildman–Crippen MR) is 123 cm³/mol. The van der Waals surface area contributed by atoms with Gasteiger partial charge in [0.2, 0.25) is 5.91 Å². The minimum Gasteiger partial charge on any atom is -0.355 e. The molecule has 0 atom stereocenters. The number of benzene rings is 1. The predicted octanol–water partition coefficient (Wildman–Crippen LogP) is 3.75. The molecule has 0 spiro atoms. The van der Waals surface area contributed by atoms with Gasteiger partial charge in [0, 0.05) is 25.7 Å². The maximum absolute atomic E-state index is 12.7. The van der Waals surface area contributed by atoms with E-state index in [1.807, 2.05) is 37.3 Å². The molecule has 2 aromatic heterocycles. The molecular formula is C22H26N4O2S2. The van der Waals surface area contributed by atoms with Gasteiger partial charge < -0.3 is 10.6 Å². The summed E-state index contributed by atoms with van der Waals surface area (Å²) in [6, 6.07) is 12.1. The van der Waals surface area contributed by atoms with Crippen molar-refractivity contribution in [2.24, 2.45) is 0 Å². The normalized spacial score (nSPS) is 15.4. The lowest BCUT2D eigenvalue weighted by Gasteiger charge is -2.31. The molecule has 4 rings (SSSR count). The lowest BCUT2D eigenvalue weighted by atomic mass is 10.0. The van der Waals surface area contributed by atoms with Gasteiger partial charge in [0.05, 0.1) is 26.5 Å². The third kappa shape index (κ3) is 5.06. The Morgan fingerprint density at radius 2 is 1.93 bits per heavy atom. The Bertz CT molecular complexity index is 988. The minimum absolute atomic E-state index is 0.0218. The van der Waals surface area contributed by atoms with Gasteiger partial charge in [-0.05, 0) is 43.5 Å². The molecular weight excluding hydrogens is 416 g/mol. The number of hydrogen-bond donors (Lipinski definition) is 2. The largest absolute Gasteiger partial charge is 0.355 e. The Balaban J connectivity index is 1.29. The van der Waals surface area contributed by atoms with E-state index in [0.29, 0.717) is 11.4 Å². The number of carbonyl (C=O) groups is 2. The Morgan fingerprint density at radius 3 is 2.70 bits per heavy atom. The van der Waals surface area contributed by atoms with Crippen molar-refractivity contribution in [3.63, 3.8) is 0 Å². The van der Waals surface area contributed by atoms with Gasteiger partial charge in [-0.25, -0.2) is 4.98 Å². The number of piperidine rings is 1. The lowest BCUT2D eigenvalue weighted by molar-refractivity contribution is -0.122. The molecule has 2 N–H and O–H groups in total. The molecule has 1 aromatic carbocycles. The molecule has 0 aliphatic carbocycles. The molecule has 0 bridgehead atoms. The fourth-order valence-corrected chi connectivity index (χ4v) is 5.50. The fourth-order valence-electron chi connectivity index (χ4n) is 3.57. The number of amides is 2. The number of nitrogens with one attached hydrogen (secondary N) is 2. The SMILES string of the molecule is CCCNC(=O)CN1CCC(NC(=O)c2ccc(-c3nc4ccccc4s3)s2)CC1. The van der Waals surface area contributed by atoms with Crippen molar-refractivity contribution in [2.45, 2.75) is 32.2 Å². The van der Waals surface area contributed by atoms with Gasteiger partial charge >= 0.3 is 0 Å². The van der Waals surface area contributed by atoms with Gasteiger partial charge in [-0.1, -0.05) is 19.1 Å². The third-order valence-corrected chi connectivity index (χ3v) is 7.49. The van der Waals surface area contributed by atoms with Gasteiger partial charge in [0.1, 0.15) is 5.01 Å². The molecule has 1 saturated heterocycles. The van der Waals surface area contributed by atoms with Crippen LogP contribution in [0.4, 0.5) is 0 Å². The van der Waals surface area contributed by atoms with Crippen LogP contribution in [0, 0.1) is 0 Å². The zero-order valence-electron chi connectivity index (χ0n) is 17.0. The number of carbonyl (C=O) groups excluding carboxylic acids is 2. The van der Waals surface area contributed by atoms with E-state index < -0.39 is 0 Å². The van der Waals surface area contributed by atoms with Crippen molar-refractivity contribution in [3.05, 3.63) is 41.3 Å². The standard InChI is InChI=1S/C22H26N4O2S2/c1-2-11-23-20(27)14-26-12-9-15(10-13-26)24-21(28)18-7-8-19(29-18)22-25-16-5-3-4-6-17(16)30-22/h3-8,15H,2,9-14H2,1H3,(H,23,27)(H,24,28). The van der Waals surface area contributed by atoms with Crippen LogP contribution in [-0.4, -0.2) is 53.9 Å². The summed E-state index contributed by atoms with van der Waals surface area (Å²) in [4.78, 5) is 33.2. The quantitative estimate of drug-likeness (QED) is 0.585. The Kier molecular flexibility index (Phi) is 6.76. The molecule has 1 aliphatic heterocycles. The molecule has 0 saturated carbocycles. The van der Waals surface area contributed by atoms with E-state index in [9.17, 15) is 9.59 Å². The van der Waals surface area contributed by atoms with Crippen molar-refractivity contribution in [3.8, 4) is 9.88 Å². The van der Waals surface area contributed by atoms with Gasteiger partial charge in [-0.3, -0.25) is 14.5 Å². The zero-order chi connectivity index (χ0) is 20.9. The summed E-state index contributed by atoms with van der Waals surface area (Å²) in [6.45, 7) is 4.87. The maximum atomic E-state index is 12.7. The van der Waals surface area contributed by atoms with E-state index in [0.717, 1.165) is 59.0 Å². The number of rotatable bonds is 7. The monoisotopic (exact) mass is 442 g/mol. The Labute approximate surface area is 184 Å². The fraction of sp³-hybridized carbons (Fsp3) is 0.409. The van der Waals surface area contributed by atoms with Crippen LogP contribution >= 0.6 is 22.7 Å². The van der Waals surface area contributed by atoms with Crippen LogP contribution in [0.5, 0.6) is 0 Å². The first-order valence-electron chi connectivity index (χ1n) is 10.4. The number of likely N-dealkylation sites (tertiary alicyclic amines) is 1. The second-order valence-electron chi connectivity index (χ2n) is 7.52. The second-order valence-corrected chi connectivity index (χ2v) is 9.64. The first kappa shape index (κ1) is 21.0. The number of nitrogens with zero attached hydrogens (tertiary/aromatic N) is 2. The molecule has 0 unspecified atom stereocenters. The van der Waals surface area contributed by atoms with Crippen LogP contribution in [0.25, 0.3) is 20.1 Å². The molecule has 30 heavy (non-hydrogen) atoms. The van der Waals surface area contributed by atoms with Gasteiger partial charge in [0.15, 0.2) is 0 Å². The van der Waals surface area contributed by atoms with E-state index in [-0.39, 0.29) is 17.9 Å². The Hall–Kier alpha value is -2.29. The van der Waals surface area contributed by atoms with Crippen LogP contribution in [-0.2, 0) is 4.79 Å². The molecule has 1 fully saturated rings. The average Bonchev–Trinajstić information content (AvgIpc) is 3.40. The number of thiazole rings is 1. The topological polar surface area (TPSA) is 74.3 Å². The molecule has 0 radical (unpaired) electrons. The summed E-state index contributed by atoms with van der Waals surface area (Å²) < 4.78 is 1.15. The van der Waals surface area contributed by atoms with E-state index in [2.05, 4.69) is 26.6 Å². The highest BCUT2D eigenvalue weighted by molar-refractivity contribution is 7.26. The molecule has 1 aliphatic rings. The van der Waals surface area contributed by atoms with Crippen LogP contribution in [0.15, 0.2) is 36.4 Å².